The van der Waals surface area contributed by atoms with Crippen molar-refractivity contribution in [3.8, 4) is 22.0 Å². The molecular formula is C17H10BrNOS. The van der Waals surface area contributed by atoms with Crippen LogP contribution >= 0.6 is 27.3 Å². The van der Waals surface area contributed by atoms with Gasteiger partial charge in [0.2, 0.25) is 0 Å². The number of furan rings is 1. The molecule has 0 saturated carbocycles. The van der Waals surface area contributed by atoms with Gasteiger partial charge in [-0.2, -0.15) is 0 Å². The van der Waals surface area contributed by atoms with Crippen LogP contribution in [0.3, 0.4) is 0 Å². The van der Waals surface area contributed by atoms with E-state index in [0.29, 0.717) is 0 Å². The molecule has 2 aromatic heterocycles. The lowest BCUT2D eigenvalue weighted by Gasteiger charge is -1.98. The first-order chi connectivity index (χ1) is 10.3. The van der Waals surface area contributed by atoms with Gasteiger partial charge in [-0.05, 0) is 18.2 Å². The van der Waals surface area contributed by atoms with Gasteiger partial charge >= 0.3 is 0 Å². The molecule has 0 unspecified atom stereocenters. The number of hydrogen-bond donors (Lipinski definition) is 0. The third kappa shape index (κ3) is 2.30. The third-order valence-electron chi connectivity index (χ3n) is 3.29. The van der Waals surface area contributed by atoms with Crippen molar-refractivity contribution in [2.45, 2.75) is 0 Å². The first-order valence-electron chi connectivity index (χ1n) is 6.50. The van der Waals surface area contributed by atoms with Crippen LogP contribution in [0.5, 0.6) is 0 Å². The molecule has 4 heteroatoms. The molecule has 2 nitrogen and oxygen atoms in total. The number of rotatable bonds is 2. The number of fused-ring (bicyclic) bond motifs is 1. The molecule has 0 aliphatic carbocycles. The number of nitrogens with zero attached hydrogens (tertiary/aromatic N) is 1. The van der Waals surface area contributed by atoms with Crippen LogP contribution in [0, 0.1) is 0 Å². The Morgan fingerprint density at radius 3 is 2.67 bits per heavy atom. The van der Waals surface area contributed by atoms with Crippen molar-refractivity contribution in [1.29, 1.82) is 0 Å². The van der Waals surface area contributed by atoms with Crippen LogP contribution < -0.4 is 0 Å². The van der Waals surface area contributed by atoms with Crippen molar-refractivity contribution in [2.75, 3.05) is 0 Å². The van der Waals surface area contributed by atoms with Crippen LogP contribution in [0.25, 0.3) is 33.0 Å². The van der Waals surface area contributed by atoms with E-state index in [0.717, 1.165) is 37.5 Å². The predicted octanol–water partition coefficient (Wildman–Crippen LogP) is 5.99. The van der Waals surface area contributed by atoms with Crippen LogP contribution in [0.4, 0.5) is 0 Å². The lowest BCUT2D eigenvalue weighted by atomic mass is 10.2. The predicted molar refractivity (Wildman–Crippen MR) is 90.5 cm³/mol. The van der Waals surface area contributed by atoms with E-state index in [9.17, 15) is 0 Å². The van der Waals surface area contributed by atoms with Crippen molar-refractivity contribution in [3.05, 3.63) is 64.5 Å². The first kappa shape index (κ1) is 12.8. The monoisotopic (exact) mass is 355 g/mol. The minimum atomic E-state index is 0.811. The van der Waals surface area contributed by atoms with Crippen molar-refractivity contribution < 1.29 is 4.42 Å². The number of aromatic nitrogens is 1. The highest BCUT2D eigenvalue weighted by atomic mass is 79.9. The number of halogens is 1. The van der Waals surface area contributed by atoms with E-state index >= 15 is 0 Å². The summed E-state index contributed by atoms with van der Waals surface area (Å²) in [6, 6.07) is 18.1. The maximum Gasteiger partial charge on any atom is 0.154 e. The fourth-order valence-electron chi connectivity index (χ4n) is 2.25. The Balaban J connectivity index is 1.79. The van der Waals surface area contributed by atoms with Gasteiger partial charge in [0.15, 0.2) is 5.76 Å². The molecule has 2 heterocycles. The minimum absolute atomic E-state index is 0.811. The zero-order valence-electron chi connectivity index (χ0n) is 10.9. The molecule has 0 aliphatic heterocycles. The highest BCUT2D eigenvalue weighted by Crippen LogP contribution is 2.34. The molecule has 0 aliphatic rings. The van der Waals surface area contributed by atoms with Crippen LogP contribution in [0.1, 0.15) is 0 Å². The maximum absolute atomic E-state index is 5.87. The Labute approximate surface area is 134 Å². The molecular weight excluding hydrogens is 346 g/mol. The molecule has 0 amide bonds. The molecule has 0 fully saturated rings. The molecule has 0 radical (unpaired) electrons. The number of para-hydroxylation sites is 1. The van der Waals surface area contributed by atoms with Gasteiger partial charge in [0.25, 0.3) is 0 Å². The second-order valence-electron chi connectivity index (χ2n) is 4.67. The fourth-order valence-corrected chi connectivity index (χ4v) is 3.71. The molecule has 0 N–H and O–H groups in total. The number of hydrogen-bond acceptors (Lipinski definition) is 3. The lowest BCUT2D eigenvalue weighted by molar-refractivity contribution is 0.629. The van der Waals surface area contributed by atoms with Gasteiger partial charge in [-0.1, -0.05) is 52.3 Å². The zero-order chi connectivity index (χ0) is 14.2. The second-order valence-corrected chi connectivity index (χ2v) is 6.38. The summed E-state index contributed by atoms with van der Waals surface area (Å²) < 4.78 is 6.92. The highest BCUT2D eigenvalue weighted by Gasteiger charge is 2.12. The molecule has 0 saturated heterocycles. The molecule has 102 valence electrons. The molecule has 2 aromatic carbocycles. The second kappa shape index (κ2) is 5.13. The van der Waals surface area contributed by atoms with Gasteiger partial charge in [0.1, 0.15) is 16.3 Å². The standard InChI is InChI=1S/C17H10BrNOS/c18-13-7-3-2-6-12(13)17-19-14(10-21-17)16-9-11-5-1-4-8-15(11)20-16/h1-10H. The largest absolute Gasteiger partial charge is 0.454 e. The van der Waals surface area contributed by atoms with Crippen LogP contribution in [0.2, 0.25) is 0 Å². The van der Waals surface area contributed by atoms with Gasteiger partial charge in [-0.25, -0.2) is 4.98 Å². The maximum atomic E-state index is 5.87. The average molecular weight is 356 g/mol. The van der Waals surface area contributed by atoms with E-state index in [2.05, 4.69) is 22.0 Å². The molecule has 4 rings (SSSR count). The summed E-state index contributed by atoms with van der Waals surface area (Å²) in [6.45, 7) is 0. The van der Waals surface area contributed by atoms with E-state index in [4.69, 9.17) is 9.40 Å². The lowest BCUT2D eigenvalue weighted by Crippen LogP contribution is -1.79. The Bertz CT molecular complexity index is 892. The van der Waals surface area contributed by atoms with Crippen LogP contribution in [0.15, 0.2) is 68.9 Å². The van der Waals surface area contributed by atoms with Gasteiger partial charge in [0, 0.05) is 20.8 Å². The van der Waals surface area contributed by atoms with E-state index < -0.39 is 0 Å². The van der Waals surface area contributed by atoms with Gasteiger partial charge in [-0.3, -0.25) is 0 Å². The summed E-state index contributed by atoms with van der Waals surface area (Å²) in [4.78, 5) is 4.70. The highest BCUT2D eigenvalue weighted by molar-refractivity contribution is 9.10. The average Bonchev–Trinajstić information content (AvgIpc) is 3.14. The fraction of sp³-hybridized carbons (Fsp3) is 0. The van der Waals surface area contributed by atoms with Crippen LogP contribution in [-0.4, -0.2) is 4.98 Å². The summed E-state index contributed by atoms with van der Waals surface area (Å²) in [5.41, 5.74) is 2.87. The van der Waals surface area contributed by atoms with Crippen molar-refractivity contribution in [3.63, 3.8) is 0 Å². The van der Waals surface area contributed by atoms with E-state index in [1.807, 2.05) is 53.9 Å². The Kier molecular flexibility index (Phi) is 3.13. The smallest absolute Gasteiger partial charge is 0.154 e. The van der Waals surface area contributed by atoms with E-state index in [1.54, 1.807) is 11.3 Å². The van der Waals surface area contributed by atoms with E-state index in [1.165, 1.54) is 0 Å². The first-order valence-corrected chi connectivity index (χ1v) is 8.18. The summed E-state index contributed by atoms with van der Waals surface area (Å²) >= 11 is 5.19. The summed E-state index contributed by atoms with van der Waals surface area (Å²) in [7, 11) is 0. The summed E-state index contributed by atoms with van der Waals surface area (Å²) in [5.74, 6) is 0.811. The Morgan fingerprint density at radius 2 is 1.81 bits per heavy atom. The van der Waals surface area contributed by atoms with Crippen molar-refractivity contribution >= 4 is 38.2 Å². The van der Waals surface area contributed by atoms with Gasteiger partial charge < -0.3 is 4.42 Å². The van der Waals surface area contributed by atoms with Crippen molar-refractivity contribution in [1.82, 2.24) is 4.98 Å². The topological polar surface area (TPSA) is 26.0 Å². The molecule has 4 aromatic rings. The van der Waals surface area contributed by atoms with E-state index in [-0.39, 0.29) is 0 Å². The SMILES string of the molecule is Brc1ccccc1-c1nc(-c2cc3ccccc3o2)cs1. The normalized spacial score (nSPS) is 11.1. The molecule has 0 bridgehead atoms. The minimum Gasteiger partial charge on any atom is -0.454 e. The Morgan fingerprint density at radius 1 is 1.00 bits per heavy atom. The summed E-state index contributed by atoms with van der Waals surface area (Å²) in [5, 5.41) is 4.12. The molecule has 0 atom stereocenters. The molecule has 0 spiro atoms. The number of benzene rings is 2. The quantitative estimate of drug-likeness (QED) is 0.441. The third-order valence-corrected chi connectivity index (χ3v) is 4.85. The van der Waals surface area contributed by atoms with Crippen molar-refractivity contribution in [2.24, 2.45) is 0 Å². The summed E-state index contributed by atoms with van der Waals surface area (Å²) in [6.07, 6.45) is 0. The Hall–Kier alpha value is -1.91. The number of thiazole rings is 1. The van der Waals surface area contributed by atoms with Gasteiger partial charge in [0.05, 0.1) is 0 Å². The molecule has 21 heavy (non-hydrogen) atoms. The van der Waals surface area contributed by atoms with Crippen LogP contribution in [-0.2, 0) is 0 Å². The van der Waals surface area contributed by atoms with Gasteiger partial charge in [-0.15, -0.1) is 11.3 Å². The zero-order valence-corrected chi connectivity index (χ0v) is 13.3.